The van der Waals surface area contributed by atoms with Crippen LogP contribution in [0.5, 0.6) is 5.75 Å². The maximum atomic E-state index is 12.4. The zero-order chi connectivity index (χ0) is 21.7. The predicted octanol–water partition coefficient (Wildman–Crippen LogP) is 4.54. The summed E-state index contributed by atoms with van der Waals surface area (Å²) >= 11 is 0. The van der Waals surface area contributed by atoms with Crippen LogP contribution in [0.2, 0.25) is 0 Å². The fourth-order valence-electron chi connectivity index (χ4n) is 3.22. The summed E-state index contributed by atoms with van der Waals surface area (Å²) in [4.78, 5) is 9.98. The Labute approximate surface area is 174 Å². The molecule has 0 aliphatic heterocycles. The zero-order valence-corrected chi connectivity index (χ0v) is 17.1. The smallest absolute Gasteiger partial charge is 0.296 e. The van der Waals surface area contributed by atoms with Gasteiger partial charge in [0, 0.05) is 23.6 Å². The molecule has 8 heteroatoms. The van der Waals surface area contributed by atoms with E-state index in [2.05, 4.69) is 0 Å². The molecule has 30 heavy (non-hydrogen) atoms. The van der Waals surface area contributed by atoms with Gasteiger partial charge in [0.1, 0.15) is 5.75 Å². The van der Waals surface area contributed by atoms with Crippen molar-refractivity contribution in [1.29, 1.82) is 0 Å². The van der Waals surface area contributed by atoms with E-state index >= 15 is 0 Å². The topological polar surface area (TPSA) is 107 Å². The van der Waals surface area contributed by atoms with E-state index in [1.807, 2.05) is 43.3 Å². The third kappa shape index (κ3) is 5.03. The van der Waals surface area contributed by atoms with Gasteiger partial charge in [0.15, 0.2) is 0 Å². The fourth-order valence-corrected chi connectivity index (χ4v) is 4.14. The van der Waals surface area contributed by atoms with Gasteiger partial charge in [-0.25, -0.2) is 0 Å². The van der Waals surface area contributed by atoms with E-state index in [9.17, 15) is 23.6 Å². The van der Waals surface area contributed by atoms with E-state index in [1.165, 1.54) is 0 Å². The standard InChI is InChI=1S/C22H21NO6S/c1-16-7-12-22(24)21(15-16)20(17-5-3-2-4-6-17)13-14-29-30(27,28)19-10-8-18(9-11-19)23(25)26/h2-12,15,20,24H,13-14H2,1H3. The molecule has 7 nitrogen and oxygen atoms in total. The average Bonchev–Trinajstić information content (AvgIpc) is 2.74. The normalized spacial score (nSPS) is 12.4. The molecule has 0 spiro atoms. The number of rotatable bonds is 8. The molecule has 0 amide bonds. The monoisotopic (exact) mass is 427 g/mol. The molecule has 3 aromatic rings. The molecule has 0 heterocycles. The van der Waals surface area contributed by atoms with Gasteiger partial charge in [-0.15, -0.1) is 0 Å². The lowest BCUT2D eigenvalue weighted by atomic mass is 9.87. The molecule has 1 N–H and O–H groups in total. The minimum absolute atomic E-state index is 0.119. The van der Waals surface area contributed by atoms with Crippen LogP contribution in [0.4, 0.5) is 5.69 Å². The Bertz CT molecular complexity index is 1130. The molecule has 156 valence electrons. The third-order valence-electron chi connectivity index (χ3n) is 4.74. The number of aromatic hydroxyl groups is 1. The lowest BCUT2D eigenvalue weighted by Gasteiger charge is -2.20. The first-order chi connectivity index (χ1) is 14.3. The highest BCUT2D eigenvalue weighted by Gasteiger charge is 2.21. The van der Waals surface area contributed by atoms with Crippen LogP contribution in [0.3, 0.4) is 0 Å². The molecule has 0 aromatic heterocycles. The Kier molecular flexibility index (Phi) is 6.49. The molecule has 1 unspecified atom stereocenters. The highest BCUT2D eigenvalue weighted by atomic mass is 32.2. The van der Waals surface area contributed by atoms with Gasteiger partial charge in [0.2, 0.25) is 0 Å². The number of phenolic OH excluding ortho intramolecular Hbond substituents is 1. The van der Waals surface area contributed by atoms with Crippen molar-refractivity contribution in [1.82, 2.24) is 0 Å². The maximum Gasteiger partial charge on any atom is 0.296 e. The minimum atomic E-state index is -4.07. The second kappa shape index (κ2) is 9.06. The number of non-ortho nitro benzene ring substituents is 1. The van der Waals surface area contributed by atoms with Crippen molar-refractivity contribution in [2.24, 2.45) is 0 Å². The van der Waals surface area contributed by atoms with E-state index < -0.39 is 15.0 Å². The summed E-state index contributed by atoms with van der Waals surface area (Å²) in [7, 11) is -4.07. The summed E-state index contributed by atoms with van der Waals surface area (Å²) in [5.74, 6) is -0.133. The molecule has 0 aliphatic rings. The van der Waals surface area contributed by atoms with E-state index in [-0.39, 0.29) is 28.9 Å². The van der Waals surface area contributed by atoms with E-state index in [1.54, 1.807) is 12.1 Å². The van der Waals surface area contributed by atoms with E-state index in [4.69, 9.17) is 4.18 Å². The zero-order valence-electron chi connectivity index (χ0n) is 16.3. The summed E-state index contributed by atoms with van der Waals surface area (Å²) in [6.07, 6.45) is 0.313. The number of phenols is 1. The average molecular weight is 427 g/mol. The number of nitro benzene ring substituents is 1. The van der Waals surface area contributed by atoms with Crippen molar-refractivity contribution in [3.63, 3.8) is 0 Å². The van der Waals surface area contributed by atoms with Crippen LogP contribution in [0.15, 0.2) is 77.7 Å². The molecule has 0 bridgehead atoms. The second-order valence-corrected chi connectivity index (χ2v) is 8.46. The largest absolute Gasteiger partial charge is 0.508 e. The van der Waals surface area contributed by atoms with Crippen LogP contribution >= 0.6 is 0 Å². The summed E-state index contributed by atoms with van der Waals surface area (Å²) in [5, 5.41) is 21.1. The fraction of sp³-hybridized carbons (Fsp3) is 0.182. The quantitative estimate of drug-likeness (QED) is 0.321. The van der Waals surface area contributed by atoms with Gasteiger partial charge in [-0.2, -0.15) is 8.42 Å². The van der Waals surface area contributed by atoms with Crippen molar-refractivity contribution in [2.75, 3.05) is 6.61 Å². The first-order valence-corrected chi connectivity index (χ1v) is 10.7. The molecular formula is C22H21NO6S. The van der Waals surface area contributed by atoms with Gasteiger partial charge in [-0.1, -0.05) is 48.0 Å². The molecule has 0 fully saturated rings. The van der Waals surface area contributed by atoms with Gasteiger partial charge in [-0.05, 0) is 37.1 Å². The number of benzene rings is 3. The van der Waals surface area contributed by atoms with Crippen LogP contribution in [0.1, 0.15) is 29.0 Å². The number of nitrogens with zero attached hydrogens (tertiary/aromatic N) is 1. The number of hydrogen-bond acceptors (Lipinski definition) is 6. The minimum Gasteiger partial charge on any atom is -0.508 e. The van der Waals surface area contributed by atoms with Crippen LogP contribution < -0.4 is 0 Å². The Morgan fingerprint density at radius 2 is 1.70 bits per heavy atom. The van der Waals surface area contributed by atoms with Gasteiger partial charge in [0.05, 0.1) is 16.4 Å². The molecule has 3 rings (SSSR count). The molecule has 3 aromatic carbocycles. The third-order valence-corrected chi connectivity index (χ3v) is 6.07. The molecule has 0 saturated heterocycles. The van der Waals surface area contributed by atoms with Gasteiger partial charge < -0.3 is 5.11 Å². The molecule has 0 saturated carbocycles. The van der Waals surface area contributed by atoms with Gasteiger partial charge in [0.25, 0.3) is 15.8 Å². The van der Waals surface area contributed by atoms with E-state index in [0.29, 0.717) is 12.0 Å². The highest BCUT2D eigenvalue weighted by Crippen LogP contribution is 2.34. The van der Waals surface area contributed by atoms with Gasteiger partial charge in [-0.3, -0.25) is 14.3 Å². The predicted molar refractivity (Wildman–Crippen MR) is 112 cm³/mol. The lowest BCUT2D eigenvalue weighted by Crippen LogP contribution is -2.11. The SMILES string of the molecule is Cc1ccc(O)c(C(CCOS(=O)(=O)c2ccc([N+](=O)[O-])cc2)c2ccccc2)c1. The number of nitro groups is 1. The molecule has 0 aliphatic carbocycles. The van der Waals surface area contributed by atoms with Crippen LogP contribution in [-0.4, -0.2) is 25.1 Å². The van der Waals surface area contributed by atoms with Crippen LogP contribution in [0, 0.1) is 17.0 Å². The summed E-state index contributed by atoms with van der Waals surface area (Å²) in [5.41, 5.74) is 2.39. The lowest BCUT2D eigenvalue weighted by molar-refractivity contribution is -0.384. The number of aryl methyl sites for hydroxylation is 1. The molecular weight excluding hydrogens is 406 g/mol. The first kappa shape index (κ1) is 21.5. The summed E-state index contributed by atoms with van der Waals surface area (Å²) < 4.78 is 30.1. The summed E-state index contributed by atoms with van der Waals surface area (Å²) in [6.45, 7) is 1.80. The van der Waals surface area contributed by atoms with Crippen molar-refractivity contribution in [3.05, 3.63) is 99.6 Å². The highest BCUT2D eigenvalue weighted by molar-refractivity contribution is 7.86. The Balaban J connectivity index is 1.79. The molecule has 1 atom stereocenters. The van der Waals surface area contributed by atoms with Crippen molar-refractivity contribution >= 4 is 15.8 Å². The van der Waals surface area contributed by atoms with Gasteiger partial charge >= 0.3 is 0 Å². The maximum absolute atomic E-state index is 12.4. The summed E-state index contributed by atoms with van der Waals surface area (Å²) in [6, 6.07) is 19.3. The Hall–Kier alpha value is -3.23. The Morgan fingerprint density at radius 1 is 1.03 bits per heavy atom. The molecule has 0 radical (unpaired) electrons. The van der Waals surface area contributed by atoms with Crippen molar-refractivity contribution < 1.29 is 22.6 Å². The van der Waals surface area contributed by atoms with Crippen LogP contribution in [0.25, 0.3) is 0 Å². The second-order valence-electron chi connectivity index (χ2n) is 6.84. The van der Waals surface area contributed by atoms with Crippen LogP contribution in [-0.2, 0) is 14.3 Å². The van der Waals surface area contributed by atoms with Crippen molar-refractivity contribution in [2.45, 2.75) is 24.2 Å². The first-order valence-electron chi connectivity index (χ1n) is 9.26. The Morgan fingerprint density at radius 3 is 2.33 bits per heavy atom. The van der Waals surface area contributed by atoms with Crippen molar-refractivity contribution in [3.8, 4) is 5.75 Å². The number of hydrogen-bond donors (Lipinski definition) is 1. The van der Waals surface area contributed by atoms with E-state index in [0.717, 1.165) is 35.4 Å².